The summed E-state index contributed by atoms with van der Waals surface area (Å²) < 4.78 is 15.8. The number of rotatable bonds is 2. The second kappa shape index (κ2) is 4.88. The number of halogens is 1. The summed E-state index contributed by atoms with van der Waals surface area (Å²) in [6, 6.07) is 10.5. The Morgan fingerprint density at radius 2 is 2.09 bits per heavy atom. The first kappa shape index (κ1) is 12.9. The van der Waals surface area contributed by atoms with E-state index in [-0.39, 0.29) is 5.91 Å². The molecule has 3 heterocycles. The molecule has 0 saturated carbocycles. The molecule has 4 rings (SSSR count). The van der Waals surface area contributed by atoms with Gasteiger partial charge in [0.25, 0.3) is 5.91 Å². The lowest BCUT2D eigenvalue weighted by Gasteiger charge is -2.01. The predicted molar refractivity (Wildman–Crippen MR) is 82.7 cm³/mol. The van der Waals surface area contributed by atoms with Crippen LogP contribution in [0.15, 0.2) is 48.8 Å². The zero-order chi connectivity index (χ0) is 15.1. The number of nitrogens with zero attached hydrogens (tertiary/aromatic N) is 3. The molecule has 0 radical (unpaired) electrons. The number of pyridine rings is 1. The first-order valence-electron chi connectivity index (χ1n) is 6.50. The van der Waals surface area contributed by atoms with Gasteiger partial charge in [0.2, 0.25) is 5.95 Å². The Labute approximate surface area is 128 Å². The maximum atomic E-state index is 12.8. The lowest BCUT2D eigenvalue weighted by Crippen LogP contribution is -2.12. The van der Waals surface area contributed by atoms with Gasteiger partial charge in [-0.2, -0.15) is 4.39 Å². The number of hydrogen-bond acceptors (Lipinski definition) is 4. The average Bonchev–Trinajstić information content (AvgIpc) is 3.07. The van der Waals surface area contributed by atoms with Gasteiger partial charge in [-0.3, -0.25) is 9.20 Å². The number of aromatic nitrogens is 3. The molecule has 3 aromatic heterocycles. The van der Waals surface area contributed by atoms with E-state index in [4.69, 9.17) is 0 Å². The number of anilines is 1. The van der Waals surface area contributed by atoms with E-state index in [1.807, 2.05) is 28.7 Å². The molecule has 4 aromatic rings. The summed E-state index contributed by atoms with van der Waals surface area (Å²) in [5, 5.41) is 2.64. The smallest absolute Gasteiger partial charge is 0.275 e. The third-order valence-corrected chi connectivity index (χ3v) is 4.25. The predicted octanol–water partition coefficient (Wildman–Crippen LogP) is 3.34. The fourth-order valence-corrected chi connectivity index (χ4v) is 3.21. The topological polar surface area (TPSA) is 59.3 Å². The molecule has 0 unspecified atom stereocenters. The van der Waals surface area contributed by atoms with Crippen molar-refractivity contribution in [2.75, 3.05) is 5.32 Å². The number of nitrogens with one attached hydrogen (secondary N) is 1. The van der Waals surface area contributed by atoms with Crippen molar-refractivity contribution in [1.29, 1.82) is 0 Å². The van der Waals surface area contributed by atoms with Gasteiger partial charge in [0.1, 0.15) is 5.69 Å². The molecule has 0 fully saturated rings. The van der Waals surface area contributed by atoms with Crippen LogP contribution < -0.4 is 5.32 Å². The summed E-state index contributed by atoms with van der Waals surface area (Å²) in [7, 11) is 0. The molecular formula is C15H9FN4OS. The summed E-state index contributed by atoms with van der Waals surface area (Å²) >= 11 is 1.52. The van der Waals surface area contributed by atoms with Crippen molar-refractivity contribution in [2.45, 2.75) is 0 Å². The fraction of sp³-hybridized carbons (Fsp3) is 0. The zero-order valence-corrected chi connectivity index (χ0v) is 12.0. The van der Waals surface area contributed by atoms with E-state index in [9.17, 15) is 9.18 Å². The molecule has 0 bridgehead atoms. The molecule has 0 aliphatic rings. The van der Waals surface area contributed by atoms with Crippen LogP contribution in [0.1, 0.15) is 10.5 Å². The van der Waals surface area contributed by atoms with E-state index in [1.165, 1.54) is 29.7 Å². The standard InChI is InChI=1S/C15H9FN4OS/c16-13-6-5-9(7-17-13)18-14(21)10-8-20-11-3-1-2-4-12(11)22-15(20)19-10/h1-8H,(H,18,21). The lowest BCUT2D eigenvalue weighted by molar-refractivity contribution is 0.102. The Hall–Kier alpha value is -2.80. The van der Waals surface area contributed by atoms with Crippen molar-refractivity contribution in [1.82, 2.24) is 14.4 Å². The number of imidazole rings is 1. The second-order valence-electron chi connectivity index (χ2n) is 4.67. The van der Waals surface area contributed by atoms with Crippen LogP contribution >= 0.6 is 11.3 Å². The largest absolute Gasteiger partial charge is 0.319 e. The van der Waals surface area contributed by atoms with Crippen molar-refractivity contribution in [3.63, 3.8) is 0 Å². The van der Waals surface area contributed by atoms with Crippen molar-refractivity contribution in [2.24, 2.45) is 0 Å². The molecule has 1 aromatic carbocycles. The second-order valence-corrected chi connectivity index (χ2v) is 5.68. The Kier molecular flexibility index (Phi) is 2.87. The number of carbonyl (C=O) groups is 1. The van der Waals surface area contributed by atoms with Gasteiger partial charge >= 0.3 is 0 Å². The van der Waals surface area contributed by atoms with Crippen molar-refractivity contribution >= 4 is 38.1 Å². The minimum Gasteiger partial charge on any atom is -0.319 e. The summed E-state index contributed by atoms with van der Waals surface area (Å²) in [5.74, 6) is -0.944. The minimum atomic E-state index is -0.591. The Bertz CT molecular complexity index is 990. The van der Waals surface area contributed by atoms with Crippen LogP contribution in [0.25, 0.3) is 15.2 Å². The highest BCUT2D eigenvalue weighted by molar-refractivity contribution is 7.23. The van der Waals surface area contributed by atoms with Gasteiger partial charge in [-0.25, -0.2) is 9.97 Å². The maximum absolute atomic E-state index is 12.8. The summed E-state index contributed by atoms with van der Waals surface area (Å²) in [6.45, 7) is 0. The van der Waals surface area contributed by atoms with E-state index in [2.05, 4.69) is 15.3 Å². The number of hydrogen-bond donors (Lipinski definition) is 1. The summed E-state index contributed by atoms with van der Waals surface area (Å²) in [4.78, 5) is 20.8. The third-order valence-electron chi connectivity index (χ3n) is 3.22. The molecule has 22 heavy (non-hydrogen) atoms. The zero-order valence-electron chi connectivity index (χ0n) is 11.2. The quantitative estimate of drug-likeness (QED) is 0.578. The van der Waals surface area contributed by atoms with Crippen molar-refractivity contribution < 1.29 is 9.18 Å². The molecule has 7 heteroatoms. The number of fused-ring (bicyclic) bond motifs is 3. The first-order chi connectivity index (χ1) is 10.7. The van der Waals surface area contributed by atoms with Crippen LogP contribution in [-0.2, 0) is 0 Å². The molecule has 0 aliphatic carbocycles. The Balaban J connectivity index is 1.68. The van der Waals surface area contributed by atoms with Gasteiger partial charge in [-0.05, 0) is 24.3 Å². The van der Waals surface area contributed by atoms with E-state index >= 15 is 0 Å². The van der Waals surface area contributed by atoms with E-state index in [0.29, 0.717) is 11.4 Å². The van der Waals surface area contributed by atoms with Gasteiger partial charge in [0, 0.05) is 6.20 Å². The van der Waals surface area contributed by atoms with Crippen LogP contribution in [0.2, 0.25) is 0 Å². The summed E-state index contributed by atoms with van der Waals surface area (Å²) in [5.41, 5.74) is 1.74. The van der Waals surface area contributed by atoms with Crippen LogP contribution in [0.3, 0.4) is 0 Å². The molecular weight excluding hydrogens is 303 g/mol. The minimum absolute atomic E-state index is 0.307. The average molecular weight is 312 g/mol. The Morgan fingerprint density at radius 3 is 2.91 bits per heavy atom. The van der Waals surface area contributed by atoms with Gasteiger partial charge in [0.05, 0.1) is 22.1 Å². The SMILES string of the molecule is O=C(Nc1ccc(F)nc1)c1cn2c(n1)sc1ccccc12. The first-order valence-corrected chi connectivity index (χ1v) is 7.32. The van der Waals surface area contributed by atoms with Gasteiger partial charge in [0.15, 0.2) is 4.96 Å². The van der Waals surface area contributed by atoms with Crippen molar-refractivity contribution in [3.05, 3.63) is 60.4 Å². The number of carbonyl (C=O) groups excluding carboxylic acids is 1. The normalized spacial score (nSPS) is 11.1. The molecule has 0 saturated heterocycles. The molecule has 5 nitrogen and oxygen atoms in total. The van der Waals surface area contributed by atoms with Crippen LogP contribution in [-0.4, -0.2) is 20.3 Å². The highest BCUT2D eigenvalue weighted by Gasteiger charge is 2.14. The van der Waals surface area contributed by atoms with Crippen LogP contribution in [0.5, 0.6) is 0 Å². The van der Waals surface area contributed by atoms with Crippen LogP contribution in [0, 0.1) is 5.95 Å². The van der Waals surface area contributed by atoms with E-state index in [0.717, 1.165) is 15.2 Å². The van der Waals surface area contributed by atoms with Gasteiger partial charge in [-0.1, -0.05) is 23.5 Å². The Morgan fingerprint density at radius 1 is 1.23 bits per heavy atom. The molecule has 0 atom stereocenters. The molecule has 1 amide bonds. The third kappa shape index (κ3) is 2.11. The van der Waals surface area contributed by atoms with Gasteiger partial charge in [-0.15, -0.1) is 0 Å². The van der Waals surface area contributed by atoms with E-state index in [1.54, 1.807) is 6.20 Å². The molecule has 0 spiro atoms. The van der Waals surface area contributed by atoms with Crippen LogP contribution in [0.4, 0.5) is 10.1 Å². The number of benzene rings is 1. The fourth-order valence-electron chi connectivity index (χ4n) is 2.20. The monoisotopic (exact) mass is 312 g/mol. The maximum Gasteiger partial charge on any atom is 0.275 e. The molecule has 1 N–H and O–H groups in total. The lowest BCUT2D eigenvalue weighted by atomic mass is 10.3. The number of para-hydroxylation sites is 1. The highest BCUT2D eigenvalue weighted by Crippen LogP contribution is 2.26. The number of thiazole rings is 1. The summed E-state index contributed by atoms with van der Waals surface area (Å²) in [6.07, 6.45) is 2.96. The number of amides is 1. The highest BCUT2D eigenvalue weighted by atomic mass is 32.1. The molecule has 108 valence electrons. The van der Waals surface area contributed by atoms with Crippen molar-refractivity contribution in [3.8, 4) is 0 Å². The van der Waals surface area contributed by atoms with Gasteiger partial charge < -0.3 is 5.32 Å². The molecule has 0 aliphatic heterocycles. The van der Waals surface area contributed by atoms with E-state index < -0.39 is 5.95 Å².